The first-order valence-electron chi connectivity index (χ1n) is 5.62. The van der Waals surface area contributed by atoms with Gasteiger partial charge in [0.15, 0.2) is 0 Å². The molecule has 3 N–H and O–H groups in total. The first-order chi connectivity index (χ1) is 7.41. The van der Waals surface area contributed by atoms with Crippen LogP contribution in [-0.4, -0.2) is 36.6 Å². The molecule has 0 amide bonds. The van der Waals surface area contributed by atoms with Crippen LogP contribution < -0.4 is 5.64 Å². The van der Waals surface area contributed by atoms with Crippen molar-refractivity contribution in [2.24, 2.45) is 0 Å². The van der Waals surface area contributed by atoms with Gasteiger partial charge in [0.1, 0.15) is 0 Å². The average Bonchev–Trinajstić information content (AvgIpc) is 2.32. The highest BCUT2D eigenvalue weighted by molar-refractivity contribution is 4.51. The summed E-state index contributed by atoms with van der Waals surface area (Å²) in [6, 6.07) is 0. The van der Waals surface area contributed by atoms with Crippen molar-refractivity contribution in [3.05, 3.63) is 0 Å². The Bertz CT molecular complexity index is 92.1. The molecule has 1 saturated carbocycles. The lowest BCUT2D eigenvalue weighted by atomic mass is 10.0. The van der Waals surface area contributed by atoms with Crippen LogP contribution in [0, 0.1) is 0 Å². The van der Waals surface area contributed by atoms with Crippen LogP contribution in [0.2, 0.25) is 0 Å². The second-order valence-electron chi connectivity index (χ2n) is 3.35. The Labute approximate surface area is 91.3 Å². The van der Waals surface area contributed by atoms with E-state index in [2.05, 4.69) is 15.3 Å². The highest BCUT2D eigenvalue weighted by Gasteiger charge is 1.95. The molecule has 5 nitrogen and oxygen atoms in total. The quantitative estimate of drug-likeness (QED) is 0.456. The molecule has 0 spiro atoms. The predicted molar refractivity (Wildman–Crippen MR) is 56.9 cm³/mol. The molecule has 0 heterocycles. The summed E-state index contributed by atoms with van der Waals surface area (Å²) >= 11 is 0. The van der Waals surface area contributed by atoms with Gasteiger partial charge >= 0.3 is 0 Å². The fraction of sp³-hybridized carbons (Fsp3) is 1.00. The Kier molecular flexibility index (Phi) is 13.6. The van der Waals surface area contributed by atoms with E-state index in [1.165, 1.54) is 38.5 Å². The van der Waals surface area contributed by atoms with Crippen LogP contribution in [0.25, 0.3) is 0 Å². The minimum atomic E-state index is -0.0600. The summed E-state index contributed by atoms with van der Waals surface area (Å²) in [5.41, 5.74) is 2.07. The molecule has 0 bridgehead atoms. The van der Waals surface area contributed by atoms with Crippen molar-refractivity contribution < 1.29 is 19.9 Å². The molecule has 0 aromatic carbocycles. The van der Waals surface area contributed by atoms with E-state index < -0.39 is 0 Å². The van der Waals surface area contributed by atoms with Crippen molar-refractivity contribution in [2.45, 2.75) is 38.5 Å². The Morgan fingerprint density at radius 3 is 1.33 bits per heavy atom. The molecule has 0 unspecified atom stereocenters. The lowest BCUT2D eigenvalue weighted by Gasteiger charge is -2.05. The largest absolute Gasteiger partial charge is 0.394 e. The summed E-state index contributed by atoms with van der Waals surface area (Å²) in [4.78, 5) is 8.90. The van der Waals surface area contributed by atoms with Crippen LogP contribution in [0.3, 0.4) is 0 Å². The third-order valence-electron chi connectivity index (χ3n) is 2.00. The Balaban J connectivity index is 0.000000280. The molecular weight excluding hydrogens is 198 g/mol. The summed E-state index contributed by atoms with van der Waals surface area (Å²) < 4.78 is 0. The monoisotopic (exact) mass is 221 g/mol. The van der Waals surface area contributed by atoms with Gasteiger partial charge < -0.3 is 10.2 Å². The molecule has 5 heteroatoms. The number of aliphatic hydroxyl groups is 2. The number of nitrogens with one attached hydrogen (secondary N) is 1. The van der Waals surface area contributed by atoms with E-state index in [9.17, 15) is 0 Å². The van der Waals surface area contributed by atoms with E-state index in [0.29, 0.717) is 0 Å². The molecular formula is C10H23NO4. The maximum absolute atomic E-state index is 8.15. The molecule has 15 heavy (non-hydrogen) atoms. The zero-order chi connectivity index (χ0) is 11.2. The predicted octanol–water partition coefficient (Wildman–Crippen LogP) is 0.764. The number of hydrogen-bond acceptors (Lipinski definition) is 5. The van der Waals surface area contributed by atoms with Crippen LogP contribution in [0.4, 0.5) is 0 Å². The highest BCUT2D eigenvalue weighted by Crippen LogP contribution is 2.15. The zero-order valence-corrected chi connectivity index (χ0v) is 9.28. The Hall–Kier alpha value is -0.200. The van der Waals surface area contributed by atoms with Gasteiger partial charge in [0, 0.05) is 0 Å². The summed E-state index contributed by atoms with van der Waals surface area (Å²) in [7, 11) is 0. The Morgan fingerprint density at radius 1 is 0.733 bits per heavy atom. The Morgan fingerprint density at radius 2 is 1.07 bits per heavy atom. The lowest BCUT2D eigenvalue weighted by molar-refractivity contribution is -0.178. The average molecular weight is 221 g/mol. The van der Waals surface area contributed by atoms with Gasteiger partial charge in [0.2, 0.25) is 0 Å². The van der Waals surface area contributed by atoms with E-state index in [1.807, 2.05) is 0 Å². The fourth-order valence-corrected chi connectivity index (χ4v) is 1.28. The van der Waals surface area contributed by atoms with Gasteiger partial charge in [-0.1, -0.05) is 44.2 Å². The standard InChI is InChI=1S/C6H12.C4H11NO4/c1-2-4-6-5-3-1;6-1-3-8-5-9-4-2-7/h1-6H2;5-7H,1-4H2. The van der Waals surface area contributed by atoms with Crippen LogP contribution in [0.15, 0.2) is 0 Å². The van der Waals surface area contributed by atoms with Crippen molar-refractivity contribution in [3.8, 4) is 0 Å². The van der Waals surface area contributed by atoms with Crippen molar-refractivity contribution in [3.63, 3.8) is 0 Å². The molecule has 1 aliphatic rings. The van der Waals surface area contributed by atoms with E-state index in [1.54, 1.807) is 0 Å². The lowest BCUT2D eigenvalue weighted by Crippen LogP contribution is -2.19. The normalized spacial score (nSPS) is 15.6. The van der Waals surface area contributed by atoms with Crippen LogP contribution in [0.5, 0.6) is 0 Å². The van der Waals surface area contributed by atoms with Crippen molar-refractivity contribution in [1.29, 1.82) is 0 Å². The van der Waals surface area contributed by atoms with E-state index in [-0.39, 0.29) is 26.4 Å². The number of rotatable bonds is 6. The van der Waals surface area contributed by atoms with Gasteiger partial charge in [-0.3, -0.25) is 9.68 Å². The number of aliphatic hydroxyl groups excluding tert-OH is 2. The first-order valence-corrected chi connectivity index (χ1v) is 5.62. The number of hydrogen-bond donors (Lipinski definition) is 3. The smallest absolute Gasteiger partial charge is 0.0940 e. The molecule has 0 aliphatic heterocycles. The van der Waals surface area contributed by atoms with Crippen molar-refractivity contribution in [1.82, 2.24) is 5.64 Å². The second kappa shape index (κ2) is 13.8. The van der Waals surface area contributed by atoms with Crippen LogP contribution >= 0.6 is 0 Å². The summed E-state index contributed by atoms with van der Waals surface area (Å²) in [5, 5.41) is 16.3. The second-order valence-corrected chi connectivity index (χ2v) is 3.35. The molecule has 1 fully saturated rings. The van der Waals surface area contributed by atoms with Gasteiger partial charge in [-0.2, -0.15) is 0 Å². The van der Waals surface area contributed by atoms with Crippen LogP contribution in [0.1, 0.15) is 38.5 Å². The molecule has 0 atom stereocenters. The van der Waals surface area contributed by atoms with Gasteiger partial charge in [-0.15, -0.1) is 0 Å². The maximum Gasteiger partial charge on any atom is 0.0940 e. The summed E-state index contributed by atoms with van der Waals surface area (Å²) in [5.74, 6) is 0. The third kappa shape index (κ3) is 13.8. The van der Waals surface area contributed by atoms with Crippen molar-refractivity contribution >= 4 is 0 Å². The molecule has 0 aromatic rings. The van der Waals surface area contributed by atoms with Gasteiger partial charge in [0.25, 0.3) is 0 Å². The fourth-order valence-electron chi connectivity index (χ4n) is 1.28. The molecule has 1 rings (SSSR count). The maximum atomic E-state index is 8.15. The first kappa shape index (κ1) is 14.8. The van der Waals surface area contributed by atoms with E-state index >= 15 is 0 Å². The van der Waals surface area contributed by atoms with Crippen LogP contribution in [-0.2, 0) is 9.68 Å². The minimum absolute atomic E-state index is 0.0600. The summed E-state index contributed by atoms with van der Waals surface area (Å²) in [6.07, 6.45) is 9.00. The van der Waals surface area contributed by atoms with Gasteiger partial charge in [-0.25, -0.2) is 0 Å². The highest BCUT2D eigenvalue weighted by atomic mass is 16.9. The zero-order valence-electron chi connectivity index (χ0n) is 9.28. The molecule has 0 aromatic heterocycles. The minimum Gasteiger partial charge on any atom is -0.394 e. The summed E-state index contributed by atoms with van der Waals surface area (Å²) in [6.45, 7) is 0.224. The van der Waals surface area contributed by atoms with E-state index in [4.69, 9.17) is 10.2 Å². The SMILES string of the molecule is C1CCCCC1.OCCONOCCO. The third-order valence-corrected chi connectivity index (χ3v) is 2.00. The molecule has 0 saturated heterocycles. The van der Waals surface area contributed by atoms with Crippen molar-refractivity contribution in [2.75, 3.05) is 26.4 Å². The topological polar surface area (TPSA) is 71.0 Å². The van der Waals surface area contributed by atoms with Gasteiger partial charge in [0.05, 0.1) is 26.4 Å². The van der Waals surface area contributed by atoms with Gasteiger partial charge in [-0.05, 0) is 0 Å². The molecule has 92 valence electrons. The molecule has 0 radical (unpaired) electrons. The molecule has 1 aliphatic carbocycles. The van der Waals surface area contributed by atoms with E-state index in [0.717, 1.165) is 0 Å².